The molecule has 0 aliphatic carbocycles. The molecule has 84 valence electrons. The van der Waals surface area contributed by atoms with Crippen LogP contribution >= 0.6 is 11.8 Å². The van der Waals surface area contributed by atoms with E-state index in [9.17, 15) is 0 Å². The summed E-state index contributed by atoms with van der Waals surface area (Å²) >= 11 is 1.74. The quantitative estimate of drug-likeness (QED) is 0.587. The van der Waals surface area contributed by atoms with Crippen LogP contribution in [0.25, 0.3) is 0 Å². The van der Waals surface area contributed by atoms with Crippen LogP contribution in [0.1, 0.15) is 11.4 Å². The summed E-state index contributed by atoms with van der Waals surface area (Å²) in [5.74, 6) is 6.99. The maximum absolute atomic E-state index is 4.33. The van der Waals surface area contributed by atoms with Gasteiger partial charge >= 0.3 is 0 Å². The topological polar surface area (TPSA) is 12.9 Å². The summed E-state index contributed by atoms with van der Waals surface area (Å²) in [6.45, 7) is 1.98. The van der Waals surface area contributed by atoms with Gasteiger partial charge in [-0.15, -0.1) is 11.8 Å². The Balaban J connectivity index is 1.91. The van der Waals surface area contributed by atoms with Gasteiger partial charge in [-0.25, -0.2) is 4.98 Å². The van der Waals surface area contributed by atoms with Gasteiger partial charge in [-0.3, -0.25) is 0 Å². The van der Waals surface area contributed by atoms with Crippen LogP contribution in [0.15, 0.2) is 53.4 Å². The number of pyridine rings is 1. The van der Waals surface area contributed by atoms with Crippen LogP contribution < -0.4 is 0 Å². The van der Waals surface area contributed by atoms with E-state index < -0.39 is 0 Å². The van der Waals surface area contributed by atoms with Gasteiger partial charge in [0.15, 0.2) is 0 Å². The third-order valence-corrected chi connectivity index (χ3v) is 3.05. The number of thioether (sulfide) groups is 1. The van der Waals surface area contributed by atoms with Crippen molar-refractivity contribution in [2.24, 2.45) is 0 Å². The third-order valence-electron chi connectivity index (χ3n) is 2.16. The van der Waals surface area contributed by atoms with E-state index in [0.29, 0.717) is 0 Å². The normalized spacial score (nSPS) is 9.47. The lowest BCUT2D eigenvalue weighted by molar-refractivity contribution is 1.18. The van der Waals surface area contributed by atoms with Crippen molar-refractivity contribution in [2.75, 3.05) is 5.75 Å². The van der Waals surface area contributed by atoms with Crippen LogP contribution in [0.3, 0.4) is 0 Å². The van der Waals surface area contributed by atoms with E-state index in [4.69, 9.17) is 0 Å². The molecule has 0 saturated heterocycles. The molecule has 0 aliphatic heterocycles. The minimum Gasteiger partial charge on any atom is -0.245 e. The molecule has 0 radical (unpaired) electrons. The summed E-state index contributed by atoms with van der Waals surface area (Å²) in [7, 11) is 0. The maximum atomic E-state index is 4.33. The van der Waals surface area contributed by atoms with E-state index in [1.54, 1.807) is 11.8 Å². The number of benzene rings is 1. The van der Waals surface area contributed by atoms with Crippen molar-refractivity contribution < 1.29 is 0 Å². The number of aryl methyl sites for hydroxylation is 1. The van der Waals surface area contributed by atoms with Crippen molar-refractivity contribution >= 4 is 11.8 Å². The SMILES string of the molecule is Cc1cccc(C#CCSc2ccccc2)n1. The van der Waals surface area contributed by atoms with Crippen LogP contribution in [0, 0.1) is 18.8 Å². The lowest BCUT2D eigenvalue weighted by Gasteiger charge is -1.94. The fourth-order valence-electron chi connectivity index (χ4n) is 1.38. The molecule has 0 N–H and O–H groups in total. The van der Waals surface area contributed by atoms with Gasteiger partial charge in [0, 0.05) is 10.6 Å². The summed E-state index contributed by atoms with van der Waals surface area (Å²) in [5.41, 5.74) is 1.85. The number of nitrogens with zero attached hydrogens (tertiary/aromatic N) is 1. The largest absolute Gasteiger partial charge is 0.245 e. The predicted molar refractivity (Wildman–Crippen MR) is 73.0 cm³/mol. The number of rotatable bonds is 2. The molecule has 0 unspecified atom stereocenters. The Morgan fingerprint density at radius 2 is 1.88 bits per heavy atom. The number of aromatic nitrogens is 1. The van der Waals surface area contributed by atoms with Crippen molar-refractivity contribution in [3.05, 3.63) is 59.9 Å². The van der Waals surface area contributed by atoms with Gasteiger partial charge in [0.05, 0.1) is 5.75 Å². The summed E-state index contributed by atoms with van der Waals surface area (Å²) in [6, 6.07) is 16.2. The zero-order chi connectivity index (χ0) is 11.9. The lowest BCUT2D eigenvalue weighted by Crippen LogP contribution is -1.84. The summed E-state index contributed by atoms with van der Waals surface area (Å²) in [6.07, 6.45) is 0. The second kappa shape index (κ2) is 6.12. The Kier molecular flexibility index (Phi) is 4.23. The third kappa shape index (κ3) is 3.97. The van der Waals surface area contributed by atoms with Crippen molar-refractivity contribution in [1.29, 1.82) is 0 Å². The standard InChI is InChI=1S/C15H13NS/c1-13-7-5-8-14(16-13)9-6-12-17-15-10-3-2-4-11-15/h2-5,7-8,10-11H,12H2,1H3. The molecule has 1 aromatic heterocycles. The van der Waals surface area contributed by atoms with Gasteiger partial charge in [-0.05, 0) is 37.1 Å². The molecule has 17 heavy (non-hydrogen) atoms. The van der Waals surface area contributed by atoms with Gasteiger partial charge in [-0.2, -0.15) is 0 Å². The Morgan fingerprint density at radius 3 is 2.65 bits per heavy atom. The van der Waals surface area contributed by atoms with Crippen LogP contribution in [0.4, 0.5) is 0 Å². The number of hydrogen-bond donors (Lipinski definition) is 0. The van der Waals surface area contributed by atoms with E-state index in [-0.39, 0.29) is 0 Å². The first-order chi connectivity index (χ1) is 8.34. The molecule has 2 rings (SSSR count). The van der Waals surface area contributed by atoms with E-state index in [1.807, 2.05) is 43.3 Å². The fourth-order valence-corrected chi connectivity index (χ4v) is 2.04. The minimum absolute atomic E-state index is 0.791. The Labute approximate surface area is 106 Å². The molecule has 1 nitrogen and oxygen atoms in total. The van der Waals surface area contributed by atoms with E-state index >= 15 is 0 Å². The van der Waals surface area contributed by atoms with Crippen molar-refractivity contribution in [3.8, 4) is 11.8 Å². The average molecular weight is 239 g/mol. The molecule has 0 spiro atoms. The van der Waals surface area contributed by atoms with Crippen molar-refractivity contribution in [3.63, 3.8) is 0 Å². The zero-order valence-electron chi connectivity index (χ0n) is 9.68. The molecule has 0 bridgehead atoms. The molecule has 2 heteroatoms. The van der Waals surface area contributed by atoms with Gasteiger partial charge in [-0.1, -0.05) is 30.2 Å². The highest BCUT2D eigenvalue weighted by atomic mass is 32.2. The van der Waals surface area contributed by atoms with E-state index in [0.717, 1.165) is 17.1 Å². The van der Waals surface area contributed by atoms with Gasteiger partial charge < -0.3 is 0 Å². The number of hydrogen-bond acceptors (Lipinski definition) is 2. The molecule has 0 fully saturated rings. The Morgan fingerprint density at radius 1 is 1.06 bits per heavy atom. The molecular weight excluding hydrogens is 226 g/mol. The van der Waals surface area contributed by atoms with Crippen LogP contribution in [-0.2, 0) is 0 Å². The lowest BCUT2D eigenvalue weighted by atomic mass is 10.3. The van der Waals surface area contributed by atoms with E-state index in [2.05, 4.69) is 29.0 Å². The highest BCUT2D eigenvalue weighted by Crippen LogP contribution is 2.15. The summed E-state index contributed by atoms with van der Waals surface area (Å²) in [4.78, 5) is 5.58. The van der Waals surface area contributed by atoms with Crippen molar-refractivity contribution in [1.82, 2.24) is 4.98 Å². The predicted octanol–water partition coefficient (Wildman–Crippen LogP) is 3.53. The first kappa shape index (κ1) is 11.8. The van der Waals surface area contributed by atoms with Gasteiger partial charge in [0.25, 0.3) is 0 Å². The van der Waals surface area contributed by atoms with Crippen molar-refractivity contribution in [2.45, 2.75) is 11.8 Å². The summed E-state index contributed by atoms with van der Waals surface area (Å²) < 4.78 is 0. The highest BCUT2D eigenvalue weighted by molar-refractivity contribution is 7.99. The average Bonchev–Trinajstić information content (AvgIpc) is 2.36. The zero-order valence-corrected chi connectivity index (χ0v) is 10.5. The molecule has 1 heterocycles. The highest BCUT2D eigenvalue weighted by Gasteiger charge is 1.90. The Hall–Kier alpha value is -1.72. The molecule has 0 saturated carbocycles. The first-order valence-corrected chi connectivity index (χ1v) is 6.43. The molecule has 0 amide bonds. The molecule has 1 aromatic carbocycles. The maximum Gasteiger partial charge on any atom is 0.113 e. The minimum atomic E-state index is 0.791. The molecule has 0 aliphatic rings. The Bertz CT molecular complexity index is 538. The second-order valence-corrected chi connectivity index (χ2v) is 4.62. The van der Waals surface area contributed by atoms with Gasteiger partial charge in [0.2, 0.25) is 0 Å². The molecular formula is C15H13NS. The van der Waals surface area contributed by atoms with E-state index in [1.165, 1.54) is 4.90 Å². The van der Waals surface area contributed by atoms with Crippen LogP contribution in [-0.4, -0.2) is 10.7 Å². The molecule has 2 aromatic rings. The monoisotopic (exact) mass is 239 g/mol. The van der Waals surface area contributed by atoms with Crippen LogP contribution in [0.5, 0.6) is 0 Å². The summed E-state index contributed by atoms with van der Waals surface area (Å²) in [5, 5.41) is 0. The van der Waals surface area contributed by atoms with Crippen LogP contribution in [0.2, 0.25) is 0 Å². The first-order valence-electron chi connectivity index (χ1n) is 5.45. The second-order valence-electron chi connectivity index (χ2n) is 3.57. The molecule has 0 atom stereocenters. The smallest absolute Gasteiger partial charge is 0.113 e. The van der Waals surface area contributed by atoms with Gasteiger partial charge in [0.1, 0.15) is 5.69 Å². The fraction of sp³-hybridized carbons (Fsp3) is 0.133.